The maximum Gasteiger partial charge on any atom is 0.253 e. The number of carbonyl (C=O) groups excluding carboxylic acids is 1. The average Bonchev–Trinajstić information content (AvgIpc) is 2.68. The van der Waals surface area contributed by atoms with Crippen LogP contribution in [0.3, 0.4) is 0 Å². The zero-order valence-corrected chi connectivity index (χ0v) is 16.0. The molecular formula is C21H21ClN2O3. The van der Waals surface area contributed by atoms with Crippen molar-refractivity contribution in [1.29, 1.82) is 0 Å². The first-order valence-electron chi connectivity index (χ1n) is 8.73. The molecular weight excluding hydrogens is 364 g/mol. The number of methoxy groups -OCH3 is 1. The molecule has 0 saturated carbocycles. The summed E-state index contributed by atoms with van der Waals surface area (Å²) in [6, 6.07) is 14.7. The van der Waals surface area contributed by atoms with E-state index in [2.05, 4.69) is 4.98 Å². The normalized spacial score (nSPS) is 10.8. The Morgan fingerprint density at radius 1 is 1.11 bits per heavy atom. The molecule has 6 heteroatoms. The van der Waals surface area contributed by atoms with Gasteiger partial charge in [0.25, 0.3) is 5.56 Å². The molecule has 2 aromatic carbocycles. The van der Waals surface area contributed by atoms with Gasteiger partial charge < -0.3 is 14.6 Å². The van der Waals surface area contributed by atoms with Crippen molar-refractivity contribution in [2.45, 2.75) is 26.4 Å². The molecule has 0 aliphatic carbocycles. The highest BCUT2D eigenvalue weighted by Gasteiger charge is 2.16. The van der Waals surface area contributed by atoms with Gasteiger partial charge in [0.15, 0.2) is 0 Å². The molecule has 27 heavy (non-hydrogen) atoms. The number of carbonyl (C=O) groups is 1. The predicted molar refractivity (Wildman–Crippen MR) is 107 cm³/mol. The van der Waals surface area contributed by atoms with Crippen molar-refractivity contribution in [3.63, 3.8) is 0 Å². The lowest BCUT2D eigenvalue weighted by atomic mass is 10.1. The second-order valence-electron chi connectivity index (χ2n) is 6.27. The number of ether oxygens (including phenoxy) is 1. The van der Waals surface area contributed by atoms with Gasteiger partial charge in [0.1, 0.15) is 5.75 Å². The van der Waals surface area contributed by atoms with Crippen LogP contribution in [0.2, 0.25) is 5.02 Å². The van der Waals surface area contributed by atoms with E-state index in [0.29, 0.717) is 34.8 Å². The minimum Gasteiger partial charge on any atom is -0.497 e. The molecule has 0 unspecified atom stereocenters. The van der Waals surface area contributed by atoms with E-state index in [1.807, 2.05) is 36.4 Å². The number of benzene rings is 2. The second kappa shape index (κ2) is 8.27. The molecule has 1 amide bonds. The number of hydrogen-bond acceptors (Lipinski definition) is 3. The summed E-state index contributed by atoms with van der Waals surface area (Å²) < 4.78 is 5.19. The van der Waals surface area contributed by atoms with E-state index in [1.165, 1.54) is 0 Å². The van der Waals surface area contributed by atoms with E-state index in [0.717, 1.165) is 10.9 Å². The molecule has 0 spiro atoms. The Labute approximate surface area is 162 Å². The molecule has 1 aromatic heterocycles. The quantitative estimate of drug-likeness (QED) is 0.695. The number of H-pyrrole nitrogens is 1. The number of nitrogens with zero attached hydrogens (tertiary/aromatic N) is 1. The Morgan fingerprint density at radius 3 is 2.56 bits per heavy atom. The molecule has 3 rings (SSSR count). The summed E-state index contributed by atoms with van der Waals surface area (Å²) in [5, 5.41) is 1.48. The van der Waals surface area contributed by atoms with Crippen molar-refractivity contribution >= 4 is 28.4 Å². The minimum absolute atomic E-state index is 0.0378. The molecule has 0 aliphatic rings. The van der Waals surface area contributed by atoms with Gasteiger partial charge in [-0.15, -0.1) is 0 Å². The SMILES string of the molecule is CCC(=O)N(Cc1ccccc1Cl)Cc1cc2ccc(OC)cc2[nH]c1=O. The van der Waals surface area contributed by atoms with Crippen LogP contribution in [0.4, 0.5) is 0 Å². The van der Waals surface area contributed by atoms with Crippen molar-refractivity contribution in [3.8, 4) is 5.75 Å². The Bertz CT molecular complexity index is 1030. The molecule has 140 valence electrons. The molecule has 0 radical (unpaired) electrons. The topological polar surface area (TPSA) is 62.4 Å². The van der Waals surface area contributed by atoms with Crippen LogP contribution in [-0.2, 0) is 17.9 Å². The molecule has 0 atom stereocenters. The lowest BCUT2D eigenvalue weighted by Crippen LogP contribution is -2.32. The number of pyridine rings is 1. The highest BCUT2D eigenvalue weighted by atomic mass is 35.5. The van der Waals surface area contributed by atoms with E-state index in [1.54, 1.807) is 31.1 Å². The van der Waals surface area contributed by atoms with E-state index >= 15 is 0 Å². The van der Waals surface area contributed by atoms with Gasteiger partial charge in [0.05, 0.1) is 19.2 Å². The number of amides is 1. The van der Waals surface area contributed by atoms with Crippen LogP contribution in [0.15, 0.2) is 53.3 Å². The summed E-state index contributed by atoms with van der Waals surface area (Å²) in [4.78, 5) is 29.5. The number of aromatic amines is 1. The van der Waals surface area contributed by atoms with Crippen LogP contribution in [0, 0.1) is 0 Å². The van der Waals surface area contributed by atoms with Crippen molar-refractivity contribution in [2.24, 2.45) is 0 Å². The molecule has 0 aliphatic heterocycles. The third kappa shape index (κ3) is 4.31. The summed E-state index contributed by atoms with van der Waals surface area (Å²) in [7, 11) is 1.58. The van der Waals surface area contributed by atoms with Gasteiger partial charge >= 0.3 is 0 Å². The number of hydrogen-bond donors (Lipinski definition) is 1. The van der Waals surface area contributed by atoms with Gasteiger partial charge in [-0.3, -0.25) is 9.59 Å². The Hall–Kier alpha value is -2.79. The van der Waals surface area contributed by atoms with Crippen LogP contribution >= 0.6 is 11.6 Å². The molecule has 1 N–H and O–H groups in total. The Balaban J connectivity index is 1.93. The van der Waals surface area contributed by atoms with Crippen LogP contribution < -0.4 is 10.3 Å². The molecule has 5 nitrogen and oxygen atoms in total. The molecule has 0 bridgehead atoms. The maximum atomic E-state index is 12.5. The maximum absolute atomic E-state index is 12.5. The van der Waals surface area contributed by atoms with Crippen molar-refractivity contribution < 1.29 is 9.53 Å². The molecule has 0 saturated heterocycles. The largest absolute Gasteiger partial charge is 0.497 e. The second-order valence-corrected chi connectivity index (χ2v) is 6.68. The van der Waals surface area contributed by atoms with E-state index in [4.69, 9.17) is 16.3 Å². The highest BCUT2D eigenvalue weighted by molar-refractivity contribution is 6.31. The van der Waals surface area contributed by atoms with Crippen molar-refractivity contribution in [2.75, 3.05) is 7.11 Å². The summed E-state index contributed by atoms with van der Waals surface area (Å²) in [6.07, 6.45) is 0.354. The summed E-state index contributed by atoms with van der Waals surface area (Å²) in [6.45, 7) is 2.38. The number of rotatable bonds is 6. The number of halogens is 1. The number of aromatic nitrogens is 1. The number of fused-ring (bicyclic) bond motifs is 1. The molecule has 0 fully saturated rings. The Kier molecular flexibility index (Phi) is 5.81. The monoisotopic (exact) mass is 384 g/mol. The van der Waals surface area contributed by atoms with E-state index < -0.39 is 0 Å². The van der Waals surface area contributed by atoms with Gasteiger partial charge in [-0.2, -0.15) is 0 Å². The zero-order valence-electron chi connectivity index (χ0n) is 15.3. The van der Waals surface area contributed by atoms with Crippen LogP contribution in [0.1, 0.15) is 24.5 Å². The fourth-order valence-electron chi connectivity index (χ4n) is 2.96. The zero-order chi connectivity index (χ0) is 19.4. The fraction of sp³-hybridized carbons (Fsp3) is 0.238. The third-order valence-electron chi connectivity index (χ3n) is 4.47. The third-order valence-corrected chi connectivity index (χ3v) is 4.83. The standard InChI is InChI=1S/C21H21ClN2O3/c1-3-20(25)24(12-15-6-4-5-7-18(15)22)13-16-10-14-8-9-17(27-2)11-19(14)23-21(16)26/h4-11H,3,12-13H2,1-2H3,(H,23,26). The van der Waals surface area contributed by atoms with Crippen LogP contribution in [0.5, 0.6) is 5.75 Å². The lowest BCUT2D eigenvalue weighted by molar-refractivity contribution is -0.132. The summed E-state index contributed by atoms with van der Waals surface area (Å²) >= 11 is 6.24. The van der Waals surface area contributed by atoms with Gasteiger partial charge in [0, 0.05) is 29.6 Å². The summed E-state index contributed by atoms with van der Waals surface area (Å²) in [5.74, 6) is 0.636. The fourth-order valence-corrected chi connectivity index (χ4v) is 3.16. The molecule has 3 aromatic rings. The molecule has 1 heterocycles. The number of nitrogens with one attached hydrogen (secondary N) is 1. The first-order valence-corrected chi connectivity index (χ1v) is 9.10. The van der Waals surface area contributed by atoms with Gasteiger partial charge in [-0.25, -0.2) is 0 Å². The average molecular weight is 385 g/mol. The Morgan fingerprint density at radius 2 is 1.85 bits per heavy atom. The van der Waals surface area contributed by atoms with Crippen molar-refractivity contribution in [3.05, 3.63) is 75.0 Å². The summed E-state index contributed by atoms with van der Waals surface area (Å²) in [5.41, 5.74) is 1.86. The van der Waals surface area contributed by atoms with E-state index in [-0.39, 0.29) is 18.0 Å². The van der Waals surface area contributed by atoms with Crippen LogP contribution in [-0.4, -0.2) is 22.9 Å². The highest BCUT2D eigenvalue weighted by Crippen LogP contribution is 2.21. The van der Waals surface area contributed by atoms with Crippen LogP contribution in [0.25, 0.3) is 10.9 Å². The minimum atomic E-state index is -0.219. The smallest absolute Gasteiger partial charge is 0.253 e. The predicted octanol–water partition coefficient (Wildman–Crippen LogP) is 4.13. The first kappa shape index (κ1) is 19.0. The van der Waals surface area contributed by atoms with E-state index in [9.17, 15) is 9.59 Å². The van der Waals surface area contributed by atoms with Crippen molar-refractivity contribution in [1.82, 2.24) is 9.88 Å². The van der Waals surface area contributed by atoms with Gasteiger partial charge in [-0.1, -0.05) is 36.7 Å². The lowest BCUT2D eigenvalue weighted by Gasteiger charge is -2.23. The van der Waals surface area contributed by atoms with Gasteiger partial charge in [0.2, 0.25) is 5.91 Å². The van der Waals surface area contributed by atoms with Gasteiger partial charge in [-0.05, 0) is 35.2 Å². The first-order chi connectivity index (χ1) is 13.0.